The summed E-state index contributed by atoms with van der Waals surface area (Å²) in [6.07, 6.45) is 0. The number of carbonyl (C=O) groups is 2. The highest BCUT2D eigenvalue weighted by Gasteiger charge is 2.47. The van der Waals surface area contributed by atoms with E-state index in [2.05, 4.69) is 10.6 Å². The fourth-order valence-electron chi connectivity index (χ4n) is 2.27. The molecule has 86 valence electrons. The van der Waals surface area contributed by atoms with Crippen molar-refractivity contribution in [1.82, 2.24) is 10.6 Å². The molecule has 15 heavy (non-hydrogen) atoms. The average molecular weight is 214 g/mol. The summed E-state index contributed by atoms with van der Waals surface area (Å²) in [7, 11) is 0. The second-order valence-corrected chi connectivity index (χ2v) is 4.93. The number of aliphatic carboxylic acids is 1. The van der Waals surface area contributed by atoms with Crippen molar-refractivity contribution in [3.63, 3.8) is 0 Å². The predicted molar refractivity (Wildman–Crippen MR) is 55.5 cm³/mol. The lowest BCUT2D eigenvalue weighted by atomic mass is 9.72. The zero-order chi connectivity index (χ0) is 11.8. The van der Waals surface area contributed by atoms with Gasteiger partial charge in [-0.3, -0.25) is 0 Å². The first-order valence-corrected chi connectivity index (χ1v) is 5.06. The van der Waals surface area contributed by atoms with Gasteiger partial charge in [-0.05, 0) is 5.92 Å². The molecule has 0 saturated carbocycles. The lowest BCUT2D eigenvalue weighted by Crippen LogP contribution is -2.68. The molecule has 5 nitrogen and oxygen atoms in total. The lowest BCUT2D eigenvalue weighted by molar-refractivity contribution is -0.143. The number of amides is 2. The maximum Gasteiger partial charge on any atom is 0.326 e. The molecule has 0 aromatic carbocycles. The Balaban J connectivity index is 3.00. The third-order valence-electron chi connectivity index (χ3n) is 3.02. The van der Waals surface area contributed by atoms with Crippen molar-refractivity contribution in [2.75, 3.05) is 0 Å². The number of rotatable bonds is 2. The Kier molecular flexibility index (Phi) is 2.93. The van der Waals surface area contributed by atoms with Crippen LogP contribution in [-0.2, 0) is 4.79 Å². The van der Waals surface area contributed by atoms with Gasteiger partial charge < -0.3 is 15.7 Å². The molecule has 1 rings (SSSR count). The number of carboxylic acids is 1. The summed E-state index contributed by atoms with van der Waals surface area (Å²) < 4.78 is 0. The highest BCUT2D eigenvalue weighted by molar-refractivity contribution is 5.85. The van der Waals surface area contributed by atoms with Crippen molar-refractivity contribution in [2.24, 2.45) is 11.3 Å². The molecular formula is C10H18N2O3. The molecule has 0 radical (unpaired) electrons. The van der Waals surface area contributed by atoms with E-state index in [0.717, 1.165) is 0 Å². The molecule has 3 N–H and O–H groups in total. The van der Waals surface area contributed by atoms with Crippen molar-refractivity contribution < 1.29 is 14.7 Å². The summed E-state index contributed by atoms with van der Waals surface area (Å²) in [6.45, 7) is 7.64. The Hall–Kier alpha value is -1.26. The highest BCUT2D eigenvalue weighted by atomic mass is 16.4. The molecule has 0 unspecified atom stereocenters. The van der Waals surface area contributed by atoms with Crippen LogP contribution in [-0.4, -0.2) is 29.2 Å². The van der Waals surface area contributed by atoms with Crippen molar-refractivity contribution in [3.05, 3.63) is 0 Å². The Morgan fingerprint density at radius 2 is 1.93 bits per heavy atom. The topological polar surface area (TPSA) is 78.4 Å². The molecule has 0 aliphatic carbocycles. The maximum absolute atomic E-state index is 11.3. The largest absolute Gasteiger partial charge is 0.480 e. The minimum absolute atomic E-state index is 0.132. The fraction of sp³-hybridized carbons (Fsp3) is 0.800. The van der Waals surface area contributed by atoms with Crippen LogP contribution in [0.5, 0.6) is 0 Å². The van der Waals surface area contributed by atoms with Crippen molar-refractivity contribution in [3.8, 4) is 0 Å². The fourth-order valence-corrected chi connectivity index (χ4v) is 2.27. The summed E-state index contributed by atoms with van der Waals surface area (Å²) in [5, 5.41) is 14.3. The van der Waals surface area contributed by atoms with Crippen LogP contribution in [0.1, 0.15) is 27.7 Å². The van der Waals surface area contributed by atoms with Gasteiger partial charge in [-0.15, -0.1) is 0 Å². The molecule has 0 spiro atoms. The second kappa shape index (κ2) is 3.72. The SMILES string of the molecule is CC(C)[C@H]1NC(=O)N[C@H](C(=O)O)C1(C)C. The number of nitrogens with one attached hydrogen (secondary N) is 2. The number of urea groups is 1. The number of hydrogen-bond donors (Lipinski definition) is 3. The van der Waals surface area contributed by atoms with E-state index in [1.54, 1.807) is 0 Å². The van der Waals surface area contributed by atoms with E-state index >= 15 is 0 Å². The van der Waals surface area contributed by atoms with Crippen LogP contribution in [0.25, 0.3) is 0 Å². The maximum atomic E-state index is 11.3. The Morgan fingerprint density at radius 3 is 2.33 bits per heavy atom. The zero-order valence-electron chi connectivity index (χ0n) is 9.50. The lowest BCUT2D eigenvalue weighted by Gasteiger charge is -2.45. The van der Waals surface area contributed by atoms with Gasteiger partial charge in [-0.2, -0.15) is 0 Å². The molecule has 0 aromatic rings. The summed E-state index contributed by atoms with van der Waals surface area (Å²) in [6, 6.07) is -1.37. The van der Waals surface area contributed by atoms with Gasteiger partial charge in [0.05, 0.1) is 0 Å². The van der Waals surface area contributed by atoms with Crippen LogP contribution < -0.4 is 10.6 Å². The Labute approximate surface area is 89.2 Å². The molecule has 2 amide bonds. The van der Waals surface area contributed by atoms with Gasteiger partial charge in [-0.25, -0.2) is 9.59 Å². The molecule has 1 saturated heterocycles. The minimum Gasteiger partial charge on any atom is -0.480 e. The Morgan fingerprint density at radius 1 is 1.40 bits per heavy atom. The number of carbonyl (C=O) groups excluding carboxylic acids is 1. The van der Waals surface area contributed by atoms with Crippen LogP contribution in [0, 0.1) is 11.3 Å². The van der Waals surface area contributed by atoms with E-state index in [-0.39, 0.29) is 12.0 Å². The average Bonchev–Trinajstić information content (AvgIpc) is 2.07. The summed E-state index contributed by atoms with van der Waals surface area (Å²) in [5.41, 5.74) is -0.506. The minimum atomic E-state index is -0.986. The zero-order valence-corrected chi connectivity index (χ0v) is 9.50. The molecule has 1 fully saturated rings. The van der Waals surface area contributed by atoms with Gasteiger partial charge in [0.15, 0.2) is 0 Å². The Bertz CT molecular complexity index is 286. The summed E-state index contributed by atoms with van der Waals surface area (Å²) in [5.74, 6) is -0.784. The van der Waals surface area contributed by atoms with E-state index < -0.39 is 23.5 Å². The van der Waals surface area contributed by atoms with E-state index in [4.69, 9.17) is 5.11 Å². The van der Waals surface area contributed by atoms with Crippen LogP contribution in [0.4, 0.5) is 4.79 Å². The van der Waals surface area contributed by atoms with E-state index in [9.17, 15) is 9.59 Å². The molecule has 0 bridgehead atoms. The molecule has 1 aliphatic heterocycles. The van der Waals surface area contributed by atoms with Crippen LogP contribution in [0.2, 0.25) is 0 Å². The van der Waals surface area contributed by atoms with Crippen LogP contribution in [0.3, 0.4) is 0 Å². The molecule has 5 heteroatoms. The van der Waals surface area contributed by atoms with Crippen molar-refractivity contribution in [1.29, 1.82) is 0 Å². The molecule has 0 aromatic heterocycles. The third-order valence-corrected chi connectivity index (χ3v) is 3.02. The first-order chi connectivity index (χ1) is 6.76. The van der Waals surface area contributed by atoms with Gasteiger partial charge in [0.1, 0.15) is 6.04 Å². The van der Waals surface area contributed by atoms with Crippen molar-refractivity contribution >= 4 is 12.0 Å². The van der Waals surface area contributed by atoms with E-state index in [0.29, 0.717) is 0 Å². The van der Waals surface area contributed by atoms with Gasteiger partial charge >= 0.3 is 12.0 Å². The van der Waals surface area contributed by atoms with Gasteiger partial charge in [0.25, 0.3) is 0 Å². The highest BCUT2D eigenvalue weighted by Crippen LogP contribution is 2.32. The first-order valence-electron chi connectivity index (χ1n) is 5.06. The van der Waals surface area contributed by atoms with Crippen LogP contribution in [0.15, 0.2) is 0 Å². The smallest absolute Gasteiger partial charge is 0.326 e. The third kappa shape index (κ3) is 2.06. The van der Waals surface area contributed by atoms with E-state index in [1.165, 1.54) is 0 Å². The molecule has 2 atom stereocenters. The molecule has 1 aliphatic rings. The summed E-state index contributed by atoms with van der Waals surface area (Å²) in [4.78, 5) is 22.3. The monoisotopic (exact) mass is 214 g/mol. The van der Waals surface area contributed by atoms with Gasteiger partial charge in [0.2, 0.25) is 0 Å². The molecular weight excluding hydrogens is 196 g/mol. The van der Waals surface area contributed by atoms with E-state index in [1.807, 2.05) is 27.7 Å². The van der Waals surface area contributed by atoms with Crippen molar-refractivity contribution in [2.45, 2.75) is 39.8 Å². The standard InChI is InChI=1S/C10H18N2O3/c1-5(2)6-10(3,4)7(8(13)14)12-9(15)11-6/h5-7H,1-4H3,(H,13,14)(H2,11,12,15)/t6-,7-/m1/s1. The summed E-state index contributed by atoms with van der Waals surface area (Å²) >= 11 is 0. The predicted octanol–water partition coefficient (Wildman–Crippen LogP) is 0.803. The normalized spacial score (nSPS) is 29.5. The van der Waals surface area contributed by atoms with Crippen LogP contribution >= 0.6 is 0 Å². The molecule has 1 heterocycles. The first kappa shape index (κ1) is 11.8. The number of carboxylic acid groups (broad SMARTS) is 1. The quantitative estimate of drug-likeness (QED) is 0.636. The van der Waals surface area contributed by atoms with Gasteiger partial charge in [-0.1, -0.05) is 27.7 Å². The number of hydrogen-bond acceptors (Lipinski definition) is 2. The second-order valence-electron chi connectivity index (χ2n) is 4.93. The van der Waals surface area contributed by atoms with Gasteiger partial charge in [0, 0.05) is 11.5 Å².